The van der Waals surface area contributed by atoms with Gasteiger partial charge in [-0.2, -0.15) is 5.10 Å². The van der Waals surface area contributed by atoms with Crippen molar-refractivity contribution in [2.75, 3.05) is 7.11 Å². The molecule has 2 aromatic heterocycles. The summed E-state index contributed by atoms with van der Waals surface area (Å²) in [5, 5.41) is 5.39. The minimum atomic E-state index is -0.242. The Balaban J connectivity index is 2.29. The molecule has 2 heterocycles. The van der Waals surface area contributed by atoms with Gasteiger partial charge in [-0.05, 0) is 38.1 Å². The zero-order chi connectivity index (χ0) is 15.7. The van der Waals surface area contributed by atoms with Crippen molar-refractivity contribution >= 4 is 16.7 Å². The van der Waals surface area contributed by atoms with Crippen molar-refractivity contribution < 1.29 is 9.53 Å². The molecule has 112 valence electrons. The first kappa shape index (κ1) is 14.4. The van der Waals surface area contributed by atoms with Crippen LogP contribution in [0.4, 0.5) is 0 Å². The number of aromatic nitrogens is 3. The molecule has 1 aromatic carbocycles. The van der Waals surface area contributed by atoms with Crippen molar-refractivity contribution in [2.24, 2.45) is 0 Å². The van der Waals surface area contributed by atoms with Gasteiger partial charge in [0.25, 0.3) is 0 Å². The summed E-state index contributed by atoms with van der Waals surface area (Å²) in [7, 11) is 1.62. The largest absolute Gasteiger partial charge is 0.375 e. The minimum Gasteiger partial charge on any atom is -0.375 e. The lowest BCUT2D eigenvalue weighted by atomic mass is 10.1. The predicted molar refractivity (Wildman–Crippen MR) is 84.3 cm³/mol. The molecular formula is C17H17N3O2. The Bertz CT molecular complexity index is 834. The summed E-state index contributed by atoms with van der Waals surface area (Å²) in [5.41, 5.74) is 3.11. The highest BCUT2D eigenvalue weighted by Gasteiger charge is 2.21. The number of pyridine rings is 1. The van der Waals surface area contributed by atoms with Crippen LogP contribution in [0.5, 0.6) is 0 Å². The van der Waals surface area contributed by atoms with Gasteiger partial charge in [0.15, 0.2) is 5.78 Å². The highest BCUT2D eigenvalue weighted by molar-refractivity contribution is 5.95. The number of carbonyl (C=O) groups is 1. The predicted octanol–water partition coefficient (Wildman–Crippen LogP) is 3.33. The number of nitrogens with zero attached hydrogens (tertiary/aromatic N) is 3. The average molecular weight is 295 g/mol. The summed E-state index contributed by atoms with van der Waals surface area (Å²) in [6.07, 6.45) is 3.12. The number of benzene rings is 1. The minimum absolute atomic E-state index is 0.0245. The first-order valence-corrected chi connectivity index (χ1v) is 7.09. The monoisotopic (exact) mass is 295 g/mol. The summed E-state index contributed by atoms with van der Waals surface area (Å²) in [5.74, 6) is -0.0245. The molecule has 0 saturated heterocycles. The van der Waals surface area contributed by atoms with Gasteiger partial charge in [-0.25, -0.2) is 4.68 Å². The van der Waals surface area contributed by atoms with Gasteiger partial charge in [0.1, 0.15) is 0 Å². The molecule has 22 heavy (non-hydrogen) atoms. The van der Waals surface area contributed by atoms with Crippen LogP contribution in [-0.2, 0) is 4.74 Å². The van der Waals surface area contributed by atoms with E-state index in [4.69, 9.17) is 4.74 Å². The SMILES string of the molecule is COC(C)c1c(C(C)=O)cnn1-c1cccc2ncccc12. The number of hydrogen-bond acceptors (Lipinski definition) is 4. The quantitative estimate of drug-likeness (QED) is 0.693. The summed E-state index contributed by atoms with van der Waals surface area (Å²) in [6.45, 7) is 3.45. The molecule has 3 aromatic rings. The molecule has 5 nitrogen and oxygen atoms in total. The first-order chi connectivity index (χ1) is 10.6. The molecule has 0 amide bonds. The fraction of sp³-hybridized carbons (Fsp3) is 0.235. The lowest BCUT2D eigenvalue weighted by Crippen LogP contribution is -2.10. The van der Waals surface area contributed by atoms with Crippen LogP contribution in [0.25, 0.3) is 16.6 Å². The maximum absolute atomic E-state index is 11.9. The maximum atomic E-state index is 11.9. The van der Waals surface area contributed by atoms with E-state index >= 15 is 0 Å². The second kappa shape index (κ2) is 5.69. The van der Waals surface area contributed by atoms with Crippen molar-refractivity contribution in [3.63, 3.8) is 0 Å². The van der Waals surface area contributed by atoms with E-state index in [2.05, 4.69) is 10.1 Å². The van der Waals surface area contributed by atoms with Gasteiger partial charge in [0.2, 0.25) is 0 Å². The van der Waals surface area contributed by atoms with Gasteiger partial charge in [-0.15, -0.1) is 0 Å². The third-order valence-corrected chi connectivity index (χ3v) is 3.78. The topological polar surface area (TPSA) is 57.0 Å². The fourth-order valence-corrected chi connectivity index (χ4v) is 2.60. The first-order valence-electron chi connectivity index (χ1n) is 7.09. The Morgan fingerprint density at radius 2 is 2.09 bits per heavy atom. The van der Waals surface area contributed by atoms with E-state index in [-0.39, 0.29) is 11.9 Å². The summed E-state index contributed by atoms with van der Waals surface area (Å²) in [6, 6.07) is 9.73. The van der Waals surface area contributed by atoms with Gasteiger partial charge in [0.05, 0.1) is 34.8 Å². The zero-order valence-electron chi connectivity index (χ0n) is 12.8. The van der Waals surface area contributed by atoms with Crippen molar-refractivity contribution in [1.82, 2.24) is 14.8 Å². The molecule has 0 bridgehead atoms. The van der Waals surface area contributed by atoms with Crippen molar-refractivity contribution in [3.05, 3.63) is 54.0 Å². The van der Waals surface area contributed by atoms with Crippen LogP contribution >= 0.6 is 0 Å². The lowest BCUT2D eigenvalue weighted by Gasteiger charge is -2.15. The molecular weight excluding hydrogens is 278 g/mol. The van der Waals surface area contributed by atoms with E-state index in [1.165, 1.54) is 6.92 Å². The van der Waals surface area contributed by atoms with Gasteiger partial charge in [0, 0.05) is 18.7 Å². The average Bonchev–Trinajstić information content (AvgIpc) is 2.98. The van der Waals surface area contributed by atoms with Crippen LogP contribution in [0.3, 0.4) is 0 Å². The molecule has 0 aliphatic rings. The highest BCUT2D eigenvalue weighted by Crippen LogP contribution is 2.27. The summed E-state index contributed by atoms with van der Waals surface area (Å²) >= 11 is 0. The summed E-state index contributed by atoms with van der Waals surface area (Å²) < 4.78 is 7.20. The van der Waals surface area contributed by atoms with Crippen LogP contribution in [0.1, 0.15) is 36.0 Å². The Kier molecular flexibility index (Phi) is 3.73. The molecule has 3 rings (SSSR count). The van der Waals surface area contributed by atoms with Crippen LogP contribution in [0.15, 0.2) is 42.7 Å². The molecule has 0 N–H and O–H groups in total. The van der Waals surface area contributed by atoms with E-state index in [1.807, 2.05) is 37.3 Å². The molecule has 0 saturated carbocycles. The van der Waals surface area contributed by atoms with Gasteiger partial charge in [-0.3, -0.25) is 9.78 Å². The molecule has 0 radical (unpaired) electrons. The Labute approximate surface area is 128 Å². The Morgan fingerprint density at radius 3 is 2.82 bits per heavy atom. The number of carbonyl (C=O) groups excluding carboxylic acids is 1. The van der Waals surface area contributed by atoms with Crippen LogP contribution in [0.2, 0.25) is 0 Å². The van der Waals surface area contributed by atoms with E-state index < -0.39 is 0 Å². The van der Waals surface area contributed by atoms with E-state index in [9.17, 15) is 4.79 Å². The lowest BCUT2D eigenvalue weighted by molar-refractivity contribution is 0.0981. The van der Waals surface area contributed by atoms with Crippen LogP contribution in [-0.4, -0.2) is 27.7 Å². The van der Waals surface area contributed by atoms with Crippen molar-refractivity contribution in [3.8, 4) is 5.69 Å². The van der Waals surface area contributed by atoms with Crippen molar-refractivity contribution in [1.29, 1.82) is 0 Å². The number of fused-ring (bicyclic) bond motifs is 1. The zero-order valence-corrected chi connectivity index (χ0v) is 12.8. The van der Waals surface area contributed by atoms with Crippen LogP contribution in [0, 0.1) is 0 Å². The molecule has 1 atom stereocenters. The number of Topliss-reactive ketones (excluding diaryl/α,β-unsaturated/α-hetero) is 1. The molecule has 1 unspecified atom stereocenters. The number of methoxy groups -OCH3 is 1. The van der Waals surface area contributed by atoms with E-state index in [0.717, 1.165) is 22.3 Å². The molecule has 0 aliphatic carbocycles. The smallest absolute Gasteiger partial charge is 0.163 e. The highest BCUT2D eigenvalue weighted by atomic mass is 16.5. The van der Waals surface area contributed by atoms with Gasteiger partial charge < -0.3 is 4.74 Å². The number of ketones is 1. The Hall–Kier alpha value is -2.53. The standard InChI is InChI=1S/C17H17N3O2/c1-11(21)14-10-19-20(17(14)12(2)22-3)16-8-4-7-15-13(16)6-5-9-18-15/h4-10,12H,1-3H3. The number of rotatable bonds is 4. The van der Waals surface area contributed by atoms with Gasteiger partial charge >= 0.3 is 0 Å². The fourth-order valence-electron chi connectivity index (χ4n) is 2.60. The Morgan fingerprint density at radius 1 is 1.27 bits per heavy atom. The molecule has 0 aliphatic heterocycles. The van der Waals surface area contributed by atoms with E-state index in [1.54, 1.807) is 24.2 Å². The third kappa shape index (κ3) is 2.29. The number of hydrogen-bond donors (Lipinski definition) is 0. The molecule has 5 heteroatoms. The maximum Gasteiger partial charge on any atom is 0.163 e. The van der Waals surface area contributed by atoms with Gasteiger partial charge in [-0.1, -0.05) is 6.07 Å². The molecule has 0 spiro atoms. The normalized spacial score (nSPS) is 12.5. The van der Waals surface area contributed by atoms with Crippen LogP contribution < -0.4 is 0 Å². The van der Waals surface area contributed by atoms with Crippen molar-refractivity contribution in [2.45, 2.75) is 20.0 Å². The molecule has 0 fully saturated rings. The summed E-state index contributed by atoms with van der Waals surface area (Å²) in [4.78, 5) is 16.2. The van der Waals surface area contributed by atoms with E-state index in [0.29, 0.717) is 5.56 Å². The number of ether oxygens (including phenoxy) is 1. The second-order valence-corrected chi connectivity index (χ2v) is 5.14. The second-order valence-electron chi connectivity index (χ2n) is 5.14. The third-order valence-electron chi connectivity index (χ3n) is 3.78.